The number of benzene rings is 2. The maximum Gasteiger partial charge on any atom is 0.272 e. The highest BCUT2D eigenvalue weighted by Gasteiger charge is 2.24. The molecule has 38 heavy (non-hydrogen) atoms. The van der Waals surface area contributed by atoms with E-state index in [4.69, 9.17) is 0 Å². The summed E-state index contributed by atoms with van der Waals surface area (Å²) in [7, 11) is -0.262. The van der Waals surface area contributed by atoms with Crippen LogP contribution in [0.2, 0.25) is 0 Å². The molecule has 196 valence electrons. The second-order valence-corrected chi connectivity index (χ2v) is 12.1. The number of allylic oxidation sites excluding steroid dienone is 1. The third-order valence-electron chi connectivity index (χ3n) is 5.76. The fourth-order valence-electron chi connectivity index (χ4n) is 3.73. The van der Waals surface area contributed by atoms with Gasteiger partial charge < -0.3 is 9.45 Å². The third kappa shape index (κ3) is 6.16. The van der Waals surface area contributed by atoms with Gasteiger partial charge in [0.05, 0.1) is 15.2 Å². The van der Waals surface area contributed by atoms with Crippen molar-refractivity contribution in [1.82, 2.24) is 4.57 Å². The van der Waals surface area contributed by atoms with Crippen LogP contribution in [0, 0.1) is 6.92 Å². The average Bonchev–Trinajstić information content (AvgIpc) is 3.37. The number of hydrogen-bond acceptors (Lipinski definition) is 7. The quantitative estimate of drug-likeness (QED) is 0.215. The van der Waals surface area contributed by atoms with Crippen molar-refractivity contribution in [2.45, 2.75) is 23.3 Å². The maximum absolute atomic E-state index is 13.1. The summed E-state index contributed by atoms with van der Waals surface area (Å²) in [5.74, 6) is 0. The van der Waals surface area contributed by atoms with Crippen LogP contribution in [0.3, 0.4) is 0 Å². The lowest BCUT2D eigenvalue weighted by molar-refractivity contribution is -0.671. The van der Waals surface area contributed by atoms with Gasteiger partial charge in [-0.1, -0.05) is 47.7 Å². The van der Waals surface area contributed by atoms with Gasteiger partial charge in [0.2, 0.25) is 0 Å². The molecule has 0 amide bonds. The van der Waals surface area contributed by atoms with Gasteiger partial charge in [0.15, 0.2) is 12.4 Å². The van der Waals surface area contributed by atoms with Crippen molar-refractivity contribution < 1.29 is 17.5 Å². The molecule has 10 heteroatoms. The summed E-state index contributed by atoms with van der Waals surface area (Å²) in [6.07, 6.45) is 7.84. The zero-order chi connectivity index (χ0) is 27.4. The Labute approximate surface area is 230 Å². The number of para-hydroxylation sites is 1. The van der Waals surface area contributed by atoms with Crippen molar-refractivity contribution in [1.29, 1.82) is 0 Å². The topological polar surface area (TPSA) is 86.3 Å². The maximum atomic E-state index is 13.1. The Balaban J connectivity index is 0.000000257. The van der Waals surface area contributed by atoms with E-state index < -0.39 is 10.1 Å². The summed E-state index contributed by atoms with van der Waals surface area (Å²) in [6.45, 7) is 6.13. The third-order valence-corrected chi connectivity index (χ3v) is 9.09. The first-order chi connectivity index (χ1) is 18.1. The van der Waals surface area contributed by atoms with Gasteiger partial charge in [0.1, 0.15) is 26.7 Å². The van der Waals surface area contributed by atoms with E-state index in [1.807, 2.05) is 62.2 Å². The minimum absolute atomic E-state index is 0.0368. The molecule has 0 unspecified atom stereocenters. The SMILES string of the molecule is C=CCn1c(=O)/c(=C2\Sc3ccccc3N2C)s/c1=C\c1cc[n+](C)cc1.Cc1ccc(S(=O)(=O)[O-])cc1. The van der Waals surface area contributed by atoms with E-state index in [0.29, 0.717) is 6.54 Å². The summed E-state index contributed by atoms with van der Waals surface area (Å²) in [6, 6.07) is 18.1. The van der Waals surface area contributed by atoms with E-state index in [1.165, 1.54) is 28.4 Å². The Hall–Kier alpha value is -3.44. The second kappa shape index (κ2) is 11.5. The Morgan fingerprint density at radius 1 is 1.05 bits per heavy atom. The molecule has 0 saturated heterocycles. The van der Waals surface area contributed by atoms with Crippen LogP contribution in [0.15, 0.2) is 100 Å². The summed E-state index contributed by atoms with van der Waals surface area (Å²) in [5, 5.41) is 0.989. The minimum atomic E-state index is -4.27. The Bertz CT molecular complexity index is 1760. The molecule has 0 N–H and O–H groups in total. The van der Waals surface area contributed by atoms with E-state index in [-0.39, 0.29) is 10.5 Å². The van der Waals surface area contributed by atoms with Crippen LogP contribution in [0.5, 0.6) is 0 Å². The minimum Gasteiger partial charge on any atom is -0.744 e. The van der Waals surface area contributed by atoms with Crippen molar-refractivity contribution in [2.75, 3.05) is 11.9 Å². The van der Waals surface area contributed by atoms with Crippen LogP contribution in [-0.2, 0) is 23.7 Å². The lowest BCUT2D eigenvalue weighted by Crippen LogP contribution is -2.33. The van der Waals surface area contributed by atoms with Crippen molar-refractivity contribution in [3.8, 4) is 0 Å². The van der Waals surface area contributed by atoms with Gasteiger partial charge in [-0.25, -0.2) is 13.0 Å². The van der Waals surface area contributed by atoms with E-state index in [2.05, 4.69) is 29.7 Å². The number of aryl methyl sites for hydroxylation is 2. The summed E-state index contributed by atoms with van der Waals surface area (Å²) < 4.78 is 36.7. The molecule has 4 aromatic rings. The molecule has 0 radical (unpaired) electrons. The molecule has 0 bridgehead atoms. The normalized spacial score (nSPS) is 14.6. The molecule has 2 aromatic carbocycles. The van der Waals surface area contributed by atoms with Gasteiger partial charge in [-0.05, 0) is 42.8 Å². The highest BCUT2D eigenvalue weighted by molar-refractivity contribution is 8.08. The highest BCUT2D eigenvalue weighted by Crippen LogP contribution is 2.44. The Morgan fingerprint density at radius 2 is 1.71 bits per heavy atom. The largest absolute Gasteiger partial charge is 0.744 e. The standard InChI is InChI=1S/C21H20N3OS2.C7H8O3S/c1-4-11-24-18(14-15-9-12-22(2)13-10-15)27-19(20(24)25)21-23(3)16-7-5-6-8-17(16)26-21;1-6-2-4-7(5-3-6)11(8,9)10/h4-10,12-14H,1,11H2,2-3H3;2-5H,1H3,(H,8,9,10)/q+1;/p-1/b21-19+;. The zero-order valence-electron chi connectivity index (χ0n) is 21.2. The van der Waals surface area contributed by atoms with Crippen LogP contribution in [-0.4, -0.2) is 24.6 Å². The molecule has 0 atom stereocenters. The van der Waals surface area contributed by atoms with Crippen LogP contribution < -0.4 is 24.2 Å². The molecule has 3 heterocycles. The van der Waals surface area contributed by atoms with Crippen LogP contribution in [0.25, 0.3) is 11.1 Å². The first-order valence-corrected chi connectivity index (χ1v) is 14.7. The van der Waals surface area contributed by atoms with E-state index in [0.717, 1.165) is 31.0 Å². The van der Waals surface area contributed by atoms with Gasteiger partial charge in [0.25, 0.3) is 5.56 Å². The molecular weight excluding hydrogens is 539 g/mol. The number of anilines is 1. The fraction of sp³-hybridized carbons (Fsp3) is 0.143. The summed E-state index contributed by atoms with van der Waals surface area (Å²) in [5.41, 5.74) is 3.17. The molecule has 0 spiro atoms. The lowest BCUT2D eigenvalue weighted by atomic mass is 10.2. The van der Waals surface area contributed by atoms with Gasteiger partial charge in [-0.15, -0.1) is 17.9 Å². The van der Waals surface area contributed by atoms with Crippen LogP contribution in [0.4, 0.5) is 5.69 Å². The number of hydrogen-bond donors (Lipinski definition) is 0. The predicted molar refractivity (Wildman–Crippen MR) is 152 cm³/mol. The number of nitrogens with zero attached hydrogens (tertiary/aromatic N) is 3. The van der Waals surface area contributed by atoms with Crippen molar-refractivity contribution in [3.05, 3.63) is 116 Å². The van der Waals surface area contributed by atoms with E-state index in [9.17, 15) is 17.8 Å². The monoisotopic (exact) mass is 565 g/mol. The molecule has 1 aliphatic heterocycles. The van der Waals surface area contributed by atoms with Gasteiger partial charge in [-0.3, -0.25) is 9.36 Å². The van der Waals surface area contributed by atoms with Gasteiger partial charge in [-0.2, -0.15) is 0 Å². The van der Waals surface area contributed by atoms with Crippen molar-refractivity contribution >= 4 is 50.0 Å². The van der Waals surface area contributed by atoms with E-state index >= 15 is 0 Å². The Morgan fingerprint density at radius 3 is 2.32 bits per heavy atom. The lowest BCUT2D eigenvalue weighted by Gasteiger charge is -2.11. The highest BCUT2D eigenvalue weighted by atomic mass is 32.2. The number of fused-ring (bicyclic) bond motifs is 1. The number of rotatable bonds is 4. The predicted octanol–water partition coefficient (Wildman–Crippen LogP) is 2.96. The summed E-state index contributed by atoms with van der Waals surface area (Å²) >= 11 is 3.19. The molecule has 0 fully saturated rings. The van der Waals surface area contributed by atoms with Crippen LogP contribution in [0.1, 0.15) is 11.1 Å². The van der Waals surface area contributed by atoms with Crippen molar-refractivity contribution in [3.63, 3.8) is 0 Å². The Kier molecular flexibility index (Phi) is 8.37. The average molecular weight is 566 g/mol. The second-order valence-electron chi connectivity index (χ2n) is 8.62. The molecule has 7 nitrogen and oxygen atoms in total. The van der Waals surface area contributed by atoms with Crippen molar-refractivity contribution in [2.24, 2.45) is 7.05 Å². The molecule has 0 aliphatic carbocycles. The van der Waals surface area contributed by atoms with E-state index in [1.54, 1.807) is 34.5 Å². The first-order valence-electron chi connectivity index (χ1n) is 11.6. The molecule has 1 aliphatic rings. The first kappa shape index (κ1) is 27.6. The molecular formula is C28H27N3O4S3. The number of aromatic nitrogens is 2. The molecule has 5 rings (SSSR count). The summed E-state index contributed by atoms with van der Waals surface area (Å²) in [4.78, 5) is 16.3. The van der Waals surface area contributed by atoms with Gasteiger partial charge >= 0.3 is 0 Å². The molecule has 0 saturated carbocycles. The van der Waals surface area contributed by atoms with Crippen LogP contribution >= 0.6 is 23.1 Å². The number of thiazole rings is 1. The van der Waals surface area contributed by atoms with Gasteiger partial charge in [0, 0.05) is 30.6 Å². The zero-order valence-corrected chi connectivity index (χ0v) is 23.6. The number of pyridine rings is 1. The smallest absolute Gasteiger partial charge is 0.272 e. The number of thioether (sulfide) groups is 1. The molecule has 2 aromatic heterocycles. The fourth-order valence-corrected chi connectivity index (χ4v) is 6.62.